The van der Waals surface area contributed by atoms with Crippen LogP contribution in [-0.4, -0.2) is 39.4 Å². The Morgan fingerprint density at radius 1 is 1.37 bits per heavy atom. The summed E-state index contributed by atoms with van der Waals surface area (Å²) in [7, 11) is 1.61. The van der Waals surface area contributed by atoms with Gasteiger partial charge in [-0.2, -0.15) is 0 Å². The first kappa shape index (κ1) is 16.1. The molecular formula is C13H17BrFNO3. The van der Waals surface area contributed by atoms with E-state index in [4.69, 9.17) is 9.47 Å². The van der Waals surface area contributed by atoms with E-state index in [9.17, 15) is 9.18 Å². The van der Waals surface area contributed by atoms with Crippen LogP contribution in [0.4, 0.5) is 4.39 Å². The molecule has 0 fully saturated rings. The van der Waals surface area contributed by atoms with E-state index >= 15 is 0 Å². The Morgan fingerprint density at radius 3 is 2.89 bits per heavy atom. The first-order valence-corrected chi connectivity index (χ1v) is 6.75. The molecule has 0 heterocycles. The number of rotatable bonds is 8. The van der Waals surface area contributed by atoms with Crippen molar-refractivity contribution in [2.45, 2.75) is 6.42 Å². The lowest BCUT2D eigenvalue weighted by Crippen LogP contribution is -2.26. The van der Waals surface area contributed by atoms with Gasteiger partial charge in [-0.25, -0.2) is 4.39 Å². The van der Waals surface area contributed by atoms with E-state index in [0.717, 1.165) is 0 Å². The third kappa shape index (κ3) is 5.67. The summed E-state index contributed by atoms with van der Waals surface area (Å²) in [5.41, 5.74) is 0.0367. The monoisotopic (exact) mass is 333 g/mol. The Morgan fingerprint density at radius 2 is 2.16 bits per heavy atom. The molecule has 1 rings (SSSR count). The third-order valence-electron chi connectivity index (χ3n) is 2.38. The largest absolute Gasteiger partial charge is 0.382 e. The van der Waals surface area contributed by atoms with Crippen molar-refractivity contribution in [1.82, 2.24) is 5.32 Å². The lowest BCUT2D eigenvalue weighted by atomic mass is 10.2. The van der Waals surface area contributed by atoms with Crippen LogP contribution in [0.15, 0.2) is 22.7 Å². The van der Waals surface area contributed by atoms with E-state index in [2.05, 4.69) is 21.2 Å². The minimum absolute atomic E-state index is 0.0367. The average molecular weight is 334 g/mol. The van der Waals surface area contributed by atoms with Gasteiger partial charge in [0.2, 0.25) is 0 Å². The summed E-state index contributed by atoms with van der Waals surface area (Å²) in [5.74, 6) is -0.966. The lowest BCUT2D eigenvalue weighted by molar-refractivity contribution is 0.0688. The second-order valence-corrected chi connectivity index (χ2v) is 4.67. The predicted octanol–water partition coefficient (Wildman–Crippen LogP) is 2.37. The van der Waals surface area contributed by atoms with Gasteiger partial charge in [0.15, 0.2) is 0 Å². The van der Waals surface area contributed by atoms with Gasteiger partial charge >= 0.3 is 0 Å². The van der Waals surface area contributed by atoms with Gasteiger partial charge in [0, 0.05) is 20.3 Å². The Bertz CT molecular complexity index is 415. The maximum absolute atomic E-state index is 13.6. The zero-order valence-corrected chi connectivity index (χ0v) is 12.3. The molecule has 0 aromatic heterocycles. The molecule has 1 amide bonds. The van der Waals surface area contributed by atoms with E-state index in [-0.39, 0.29) is 10.0 Å². The number of hydrogen-bond donors (Lipinski definition) is 1. The van der Waals surface area contributed by atoms with Crippen molar-refractivity contribution in [3.8, 4) is 0 Å². The summed E-state index contributed by atoms with van der Waals surface area (Å²) in [5, 5.41) is 2.65. The van der Waals surface area contributed by atoms with Gasteiger partial charge in [0.1, 0.15) is 5.82 Å². The molecular weight excluding hydrogens is 317 g/mol. The van der Waals surface area contributed by atoms with Crippen LogP contribution in [0.2, 0.25) is 0 Å². The normalized spacial score (nSPS) is 10.5. The Hall–Kier alpha value is -0.980. The first-order valence-electron chi connectivity index (χ1n) is 5.95. The number of hydrogen-bond acceptors (Lipinski definition) is 3. The number of amides is 1. The van der Waals surface area contributed by atoms with E-state index < -0.39 is 11.7 Å². The third-order valence-corrected chi connectivity index (χ3v) is 2.99. The van der Waals surface area contributed by atoms with Crippen molar-refractivity contribution in [1.29, 1.82) is 0 Å². The summed E-state index contributed by atoms with van der Waals surface area (Å²) in [6.07, 6.45) is 0.672. The Balaban J connectivity index is 2.26. The number of halogens is 2. The highest BCUT2D eigenvalue weighted by Crippen LogP contribution is 2.18. The minimum Gasteiger partial charge on any atom is -0.382 e. The maximum atomic E-state index is 13.6. The van der Waals surface area contributed by atoms with Crippen LogP contribution in [0.3, 0.4) is 0 Å². The molecule has 0 radical (unpaired) electrons. The fraction of sp³-hybridized carbons (Fsp3) is 0.462. The molecule has 0 saturated heterocycles. The number of carbonyl (C=O) groups excluding carboxylic acids is 1. The lowest BCUT2D eigenvalue weighted by Gasteiger charge is -2.07. The molecule has 0 aliphatic carbocycles. The molecule has 0 bridgehead atoms. The van der Waals surface area contributed by atoms with Crippen molar-refractivity contribution >= 4 is 21.8 Å². The number of benzene rings is 1. The molecule has 6 heteroatoms. The number of nitrogens with one attached hydrogen (secondary N) is 1. The quantitative estimate of drug-likeness (QED) is 0.743. The molecule has 19 heavy (non-hydrogen) atoms. The van der Waals surface area contributed by atoms with Crippen molar-refractivity contribution in [3.63, 3.8) is 0 Å². The zero-order valence-electron chi connectivity index (χ0n) is 10.7. The van der Waals surface area contributed by atoms with Gasteiger partial charge in [-0.3, -0.25) is 4.79 Å². The van der Waals surface area contributed by atoms with E-state index in [1.807, 2.05) is 0 Å². The van der Waals surface area contributed by atoms with Gasteiger partial charge in [-0.15, -0.1) is 0 Å². The van der Waals surface area contributed by atoms with Crippen LogP contribution in [0.5, 0.6) is 0 Å². The van der Waals surface area contributed by atoms with Crippen LogP contribution in [-0.2, 0) is 9.47 Å². The predicted molar refractivity (Wildman–Crippen MR) is 73.7 cm³/mol. The van der Waals surface area contributed by atoms with E-state index in [1.54, 1.807) is 19.2 Å². The fourth-order valence-electron chi connectivity index (χ4n) is 1.39. The van der Waals surface area contributed by atoms with Crippen LogP contribution in [0.1, 0.15) is 16.8 Å². The highest BCUT2D eigenvalue weighted by Gasteiger charge is 2.12. The van der Waals surface area contributed by atoms with Crippen LogP contribution < -0.4 is 5.32 Å². The molecule has 4 nitrogen and oxygen atoms in total. The molecule has 1 aromatic rings. The molecule has 1 aromatic carbocycles. The van der Waals surface area contributed by atoms with Gasteiger partial charge in [-0.1, -0.05) is 6.07 Å². The second-order valence-electron chi connectivity index (χ2n) is 3.82. The summed E-state index contributed by atoms with van der Waals surface area (Å²) in [6.45, 7) is 2.06. The smallest absolute Gasteiger partial charge is 0.254 e. The van der Waals surface area contributed by atoms with Gasteiger partial charge in [-0.05, 0) is 34.5 Å². The van der Waals surface area contributed by atoms with Crippen LogP contribution in [0, 0.1) is 5.82 Å². The fourth-order valence-corrected chi connectivity index (χ4v) is 1.76. The summed E-state index contributed by atoms with van der Waals surface area (Å²) < 4.78 is 24.0. The molecule has 0 saturated carbocycles. The molecule has 0 spiro atoms. The van der Waals surface area contributed by atoms with Crippen molar-refractivity contribution in [2.24, 2.45) is 0 Å². The van der Waals surface area contributed by atoms with Gasteiger partial charge in [0.05, 0.1) is 23.2 Å². The summed E-state index contributed by atoms with van der Waals surface area (Å²) in [6, 6.07) is 4.62. The SMILES string of the molecule is COCCOCCCNC(=O)c1cccc(Br)c1F. The first-order chi connectivity index (χ1) is 9.16. The molecule has 0 atom stereocenters. The second kappa shape index (κ2) is 9.01. The zero-order chi connectivity index (χ0) is 14.1. The molecule has 1 N–H and O–H groups in total. The van der Waals surface area contributed by atoms with Crippen LogP contribution >= 0.6 is 15.9 Å². The molecule has 0 unspecified atom stereocenters. The van der Waals surface area contributed by atoms with Gasteiger partial charge in [0.25, 0.3) is 5.91 Å². The Labute approximate surface area is 120 Å². The standard InChI is InChI=1S/C13H17BrFNO3/c1-18-8-9-19-7-3-6-16-13(17)10-4-2-5-11(14)12(10)15/h2,4-5H,3,6-9H2,1H3,(H,16,17). The average Bonchev–Trinajstić information content (AvgIpc) is 2.40. The van der Waals surface area contributed by atoms with Gasteiger partial charge < -0.3 is 14.8 Å². The highest BCUT2D eigenvalue weighted by molar-refractivity contribution is 9.10. The summed E-state index contributed by atoms with van der Waals surface area (Å²) >= 11 is 3.04. The molecule has 0 aliphatic rings. The van der Waals surface area contributed by atoms with Crippen molar-refractivity contribution < 1.29 is 18.7 Å². The van der Waals surface area contributed by atoms with E-state index in [1.165, 1.54) is 6.07 Å². The Kier molecular flexibility index (Phi) is 7.62. The number of methoxy groups -OCH3 is 1. The maximum Gasteiger partial charge on any atom is 0.254 e. The minimum atomic E-state index is -0.545. The van der Waals surface area contributed by atoms with E-state index in [0.29, 0.717) is 32.8 Å². The topological polar surface area (TPSA) is 47.6 Å². The van der Waals surface area contributed by atoms with Crippen molar-refractivity contribution in [2.75, 3.05) is 33.5 Å². The molecule has 106 valence electrons. The van der Waals surface area contributed by atoms with Crippen molar-refractivity contribution in [3.05, 3.63) is 34.1 Å². The number of carbonyl (C=O) groups is 1. The highest BCUT2D eigenvalue weighted by atomic mass is 79.9. The number of ether oxygens (including phenoxy) is 2. The van der Waals surface area contributed by atoms with Crippen LogP contribution in [0.25, 0.3) is 0 Å². The summed E-state index contributed by atoms with van der Waals surface area (Å²) in [4.78, 5) is 11.7. The molecule has 0 aliphatic heterocycles.